The zero-order valence-electron chi connectivity index (χ0n) is 16.8. The Bertz CT molecular complexity index is 1140. The smallest absolute Gasteiger partial charge is 0.269 e. The minimum Gasteiger partial charge on any atom is -0.387 e. The van der Waals surface area contributed by atoms with E-state index in [9.17, 15) is 19.8 Å². The van der Waals surface area contributed by atoms with Crippen LogP contribution in [0.5, 0.6) is 0 Å². The molecule has 0 bridgehead atoms. The van der Waals surface area contributed by atoms with Crippen LogP contribution < -0.4 is 16.2 Å². The van der Waals surface area contributed by atoms with Crippen LogP contribution in [0.3, 0.4) is 0 Å². The van der Waals surface area contributed by atoms with Gasteiger partial charge in [0.1, 0.15) is 18.5 Å². The van der Waals surface area contributed by atoms with E-state index in [0.717, 1.165) is 0 Å². The number of hydrogen-bond acceptors (Lipinski definition) is 9. The number of benzene rings is 1. The van der Waals surface area contributed by atoms with Crippen molar-refractivity contribution in [2.75, 3.05) is 12.0 Å². The molecule has 4 rings (SSSR count). The number of amides is 2. The number of aromatic nitrogens is 4. The van der Waals surface area contributed by atoms with Crippen molar-refractivity contribution in [1.29, 1.82) is 0 Å². The molecular weight excluding hydrogens is 442 g/mol. The molecule has 32 heavy (non-hydrogen) atoms. The molecule has 5 N–H and O–H groups in total. The molecule has 0 aliphatic carbocycles. The summed E-state index contributed by atoms with van der Waals surface area (Å²) in [6.45, 7) is 2.08. The summed E-state index contributed by atoms with van der Waals surface area (Å²) in [7, 11) is 0. The van der Waals surface area contributed by atoms with Crippen LogP contribution >= 0.6 is 11.6 Å². The van der Waals surface area contributed by atoms with Gasteiger partial charge in [-0.1, -0.05) is 11.6 Å². The van der Waals surface area contributed by atoms with Crippen molar-refractivity contribution in [3.8, 4) is 0 Å². The van der Waals surface area contributed by atoms with E-state index in [4.69, 9.17) is 16.3 Å². The lowest BCUT2D eigenvalue weighted by atomic mass is 10.1. The van der Waals surface area contributed by atoms with Crippen LogP contribution in [0, 0.1) is 0 Å². The molecule has 12 nitrogen and oxygen atoms in total. The van der Waals surface area contributed by atoms with Crippen molar-refractivity contribution < 1.29 is 24.5 Å². The number of fused-ring (bicyclic) bond motifs is 1. The SMILES string of the molecule is CCNC(=O)[C@H]1O[C@@H](n2cnc3c(NNC(=O)c4ccc(Cl)cc4)ncnc32)[C@H](O)[C@@H]1O. The van der Waals surface area contributed by atoms with Crippen LogP contribution in [-0.4, -0.2) is 66.4 Å². The van der Waals surface area contributed by atoms with Gasteiger partial charge in [0.05, 0.1) is 6.33 Å². The minimum atomic E-state index is -1.43. The van der Waals surface area contributed by atoms with Crippen LogP contribution in [0.1, 0.15) is 23.5 Å². The van der Waals surface area contributed by atoms with Crippen molar-refractivity contribution >= 4 is 40.4 Å². The Balaban J connectivity index is 1.54. The predicted octanol–water partition coefficient (Wildman–Crippen LogP) is -0.00810. The van der Waals surface area contributed by atoms with Crippen molar-refractivity contribution in [2.45, 2.75) is 31.5 Å². The maximum Gasteiger partial charge on any atom is 0.269 e. The number of aliphatic hydroxyl groups excluding tert-OH is 2. The Kier molecular flexibility index (Phi) is 6.19. The Hall–Kier alpha value is -3.32. The van der Waals surface area contributed by atoms with Crippen molar-refractivity contribution in [3.63, 3.8) is 0 Å². The minimum absolute atomic E-state index is 0.198. The monoisotopic (exact) mass is 461 g/mol. The lowest BCUT2D eigenvalue weighted by Gasteiger charge is -2.16. The van der Waals surface area contributed by atoms with Crippen LogP contribution in [0.15, 0.2) is 36.9 Å². The number of rotatable bonds is 6. The maximum absolute atomic E-state index is 12.3. The number of anilines is 1. The van der Waals surface area contributed by atoms with Crippen molar-refractivity contribution in [3.05, 3.63) is 47.5 Å². The van der Waals surface area contributed by atoms with Gasteiger partial charge in [0.2, 0.25) is 0 Å². The van der Waals surface area contributed by atoms with Gasteiger partial charge in [-0.2, -0.15) is 0 Å². The summed E-state index contributed by atoms with van der Waals surface area (Å²) in [6.07, 6.45) is -2.60. The highest BCUT2D eigenvalue weighted by Gasteiger charge is 2.47. The van der Waals surface area contributed by atoms with E-state index in [-0.39, 0.29) is 17.0 Å². The Labute approximate surface area is 186 Å². The molecule has 1 fully saturated rings. The van der Waals surface area contributed by atoms with Crippen LogP contribution in [-0.2, 0) is 9.53 Å². The van der Waals surface area contributed by atoms with E-state index in [1.165, 1.54) is 17.2 Å². The first kappa shape index (κ1) is 21.9. The molecule has 168 valence electrons. The summed E-state index contributed by atoms with van der Waals surface area (Å²) in [4.78, 5) is 36.9. The molecular formula is C19H20ClN7O5. The van der Waals surface area contributed by atoms with Gasteiger partial charge >= 0.3 is 0 Å². The number of likely N-dealkylation sites (N-methyl/N-ethyl adjacent to an activating group) is 1. The molecule has 3 aromatic rings. The van der Waals surface area contributed by atoms with E-state index in [0.29, 0.717) is 17.1 Å². The van der Waals surface area contributed by atoms with Crippen LogP contribution in [0.25, 0.3) is 11.2 Å². The van der Waals surface area contributed by atoms with E-state index >= 15 is 0 Å². The average molecular weight is 462 g/mol. The first-order valence-electron chi connectivity index (χ1n) is 9.69. The molecule has 0 radical (unpaired) electrons. The summed E-state index contributed by atoms with van der Waals surface area (Å²) in [5.41, 5.74) is 6.12. The lowest BCUT2D eigenvalue weighted by molar-refractivity contribution is -0.137. The van der Waals surface area contributed by atoms with Crippen molar-refractivity contribution in [2.24, 2.45) is 0 Å². The van der Waals surface area contributed by atoms with E-state index < -0.39 is 36.4 Å². The van der Waals surface area contributed by atoms with Gasteiger partial charge in [-0.25, -0.2) is 15.0 Å². The molecule has 1 aliphatic rings. The van der Waals surface area contributed by atoms with Gasteiger partial charge in [0, 0.05) is 17.1 Å². The second kappa shape index (κ2) is 9.04. The number of imidazole rings is 1. The zero-order valence-corrected chi connectivity index (χ0v) is 17.5. The van der Waals surface area contributed by atoms with Gasteiger partial charge in [-0.15, -0.1) is 0 Å². The number of hydrazine groups is 1. The van der Waals surface area contributed by atoms with Gasteiger partial charge < -0.3 is 20.3 Å². The summed E-state index contributed by atoms with van der Waals surface area (Å²) >= 11 is 5.83. The third kappa shape index (κ3) is 4.08. The number of ether oxygens (including phenoxy) is 1. The fraction of sp³-hybridized carbons (Fsp3) is 0.316. The highest BCUT2D eigenvalue weighted by Crippen LogP contribution is 2.32. The highest BCUT2D eigenvalue weighted by atomic mass is 35.5. The number of nitrogens with zero attached hydrogens (tertiary/aromatic N) is 4. The Morgan fingerprint density at radius 2 is 1.91 bits per heavy atom. The zero-order chi connectivity index (χ0) is 22.8. The molecule has 1 aromatic carbocycles. The first-order valence-corrected chi connectivity index (χ1v) is 10.1. The number of carbonyl (C=O) groups is 2. The van der Waals surface area contributed by atoms with Gasteiger partial charge in [0.15, 0.2) is 29.3 Å². The second-order valence-electron chi connectivity index (χ2n) is 6.96. The normalized spacial score (nSPS) is 22.6. The standard InChI is InChI=1S/C19H20ClN7O5/c1-2-21-18(31)14-12(28)13(29)19(32-14)27-8-24-11-15(22-7-23-16(11)27)25-26-17(30)9-3-5-10(20)6-4-9/h3-8,12-14,19,28-29H,2H2,1H3,(H,21,31)(H,26,30)(H,22,23,25)/t12-,13+,14-,19+/m0/s1. The fourth-order valence-electron chi connectivity index (χ4n) is 3.30. The lowest BCUT2D eigenvalue weighted by Crippen LogP contribution is -2.42. The maximum atomic E-state index is 12.3. The summed E-state index contributed by atoms with van der Waals surface area (Å²) in [6, 6.07) is 6.32. The molecule has 1 saturated heterocycles. The van der Waals surface area contributed by atoms with Crippen LogP contribution in [0.4, 0.5) is 5.82 Å². The highest BCUT2D eigenvalue weighted by molar-refractivity contribution is 6.30. The van der Waals surface area contributed by atoms with Gasteiger partial charge in [-0.05, 0) is 31.2 Å². The Morgan fingerprint density at radius 3 is 2.62 bits per heavy atom. The fourth-order valence-corrected chi connectivity index (χ4v) is 3.43. The Morgan fingerprint density at radius 1 is 1.16 bits per heavy atom. The molecule has 2 aromatic heterocycles. The number of aliphatic hydroxyl groups is 2. The third-order valence-corrected chi connectivity index (χ3v) is 5.13. The third-order valence-electron chi connectivity index (χ3n) is 4.88. The predicted molar refractivity (Wildman–Crippen MR) is 112 cm³/mol. The van der Waals surface area contributed by atoms with E-state index in [2.05, 4.69) is 31.1 Å². The van der Waals surface area contributed by atoms with E-state index in [1.807, 2.05) is 0 Å². The second-order valence-corrected chi connectivity index (χ2v) is 7.39. The number of hydrogen-bond donors (Lipinski definition) is 5. The molecule has 0 spiro atoms. The summed E-state index contributed by atoms with van der Waals surface area (Å²) < 4.78 is 6.99. The van der Waals surface area contributed by atoms with Gasteiger partial charge in [0.25, 0.3) is 11.8 Å². The topological polar surface area (TPSA) is 164 Å². The number of carbonyl (C=O) groups excluding carboxylic acids is 2. The number of halogens is 1. The molecule has 4 atom stereocenters. The molecule has 0 saturated carbocycles. The summed E-state index contributed by atoms with van der Waals surface area (Å²) in [5.74, 6) is -0.757. The van der Waals surface area contributed by atoms with Crippen molar-refractivity contribution in [1.82, 2.24) is 30.3 Å². The average Bonchev–Trinajstić information content (AvgIpc) is 3.34. The van der Waals surface area contributed by atoms with E-state index in [1.54, 1.807) is 31.2 Å². The van der Waals surface area contributed by atoms with Crippen LogP contribution in [0.2, 0.25) is 5.02 Å². The largest absolute Gasteiger partial charge is 0.387 e. The molecule has 13 heteroatoms. The molecule has 0 unspecified atom stereocenters. The molecule has 3 heterocycles. The molecule has 1 aliphatic heterocycles. The van der Waals surface area contributed by atoms with Gasteiger partial charge in [-0.3, -0.25) is 25.0 Å². The molecule has 2 amide bonds. The quantitative estimate of drug-likeness (QED) is 0.317. The summed E-state index contributed by atoms with van der Waals surface area (Å²) in [5, 5.41) is 23.7. The number of nitrogens with one attached hydrogen (secondary N) is 3. The first-order chi connectivity index (χ1) is 15.4.